The Labute approximate surface area is 104 Å². The molecule has 0 aromatic rings. The normalized spacial score (nSPS) is 28.8. The van der Waals surface area contributed by atoms with Gasteiger partial charge in [0.25, 0.3) is 0 Å². The molecule has 1 heterocycles. The van der Waals surface area contributed by atoms with Crippen molar-refractivity contribution in [3.8, 4) is 0 Å². The molecule has 98 valence electrons. The summed E-state index contributed by atoms with van der Waals surface area (Å²) in [6.07, 6.45) is 2.39. The van der Waals surface area contributed by atoms with Gasteiger partial charge in [-0.15, -0.1) is 0 Å². The van der Waals surface area contributed by atoms with Crippen molar-refractivity contribution in [1.82, 2.24) is 10.2 Å². The predicted molar refractivity (Wildman–Crippen MR) is 66.9 cm³/mol. The highest BCUT2D eigenvalue weighted by Gasteiger charge is 2.41. The third-order valence-corrected chi connectivity index (χ3v) is 3.43. The van der Waals surface area contributed by atoms with Gasteiger partial charge in [0, 0.05) is 25.2 Å². The van der Waals surface area contributed by atoms with E-state index in [-0.39, 0.29) is 11.7 Å². The van der Waals surface area contributed by atoms with E-state index in [1.54, 1.807) is 4.90 Å². The van der Waals surface area contributed by atoms with E-state index in [2.05, 4.69) is 12.2 Å². The molecule has 2 rings (SSSR count). The number of rotatable bonds is 3. The molecule has 0 radical (unpaired) electrons. The van der Waals surface area contributed by atoms with E-state index >= 15 is 0 Å². The maximum Gasteiger partial charge on any atom is 0.410 e. The first-order valence-corrected chi connectivity index (χ1v) is 6.63. The maximum absolute atomic E-state index is 11.7. The molecule has 0 aromatic carbocycles. The van der Waals surface area contributed by atoms with Crippen LogP contribution in [-0.2, 0) is 4.74 Å². The van der Waals surface area contributed by atoms with Crippen LogP contribution in [-0.4, -0.2) is 41.8 Å². The summed E-state index contributed by atoms with van der Waals surface area (Å²) in [5, 5.41) is 3.59. The highest BCUT2D eigenvalue weighted by atomic mass is 16.6. The smallest absolute Gasteiger partial charge is 0.410 e. The number of hydrogen-bond donors (Lipinski definition) is 1. The lowest BCUT2D eigenvalue weighted by atomic mass is 10.1. The first-order chi connectivity index (χ1) is 7.89. The van der Waals surface area contributed by atoms with E-state index in [0.29, 0.717) is 12.1 Å². The fourth-order valence-electron chi connectivity index (χ4n) is 2.27. The summed E-state index contributed by atoms with van der Waals surface area (Å²) in [5.74, 6) is 0.866. The average molecular weight is 240 g/mol. The van der Waals surface area contributed by atoms with Gasteiger partial charge in [0.1, 0.15) is 5.60 Å². The number of amides is 1. The van der Waals surface area contributed by atoms with Crippen LogP contribution in [0.1, 0.15) is 40.5 Å². The van der Waals surface area contributed by atoms with Crippen LogP contribution in [0, 0.1) is 5.92 Å². The predicted octanol–water partition coefficient (Wildman–Crippen LogP) is 1.99. The minimum Gasteiger partial charge on any atom is -0.444 e. The van der Waals surface area contributed by atoms with Gasteiger partial charge in [-0.1, -0.05) is 13.3 Å². The van der Waals surface area contributed by atoms with E-state index in [1.807, 2.05) is 20.8 Å². The van der Waals surface area contributed by atoms with E-state index < -0.39 is 0 Å². The Morgan fingerprint density at radius 2 is 2.06 bits per heavy atom. The zero-order chi connectivity index (χ0) is 12.6. The second kappa shape index (κ2) is 4.48. The summed E-state index contributed by atoms with van der Waals surface area (Å²) < 4.78 is 5.31. The van der Waals surface area contributed by atoms with Gasteiger partial charge in [0.15, 0.2) is 0 Å². The minimum atomic E-state index is -0.389. The number of nitrogens with one attached hydrogen (secondary N) is 1. The Morgan fingerprint density at radius 1 is 1.41 bits per heavy atom. The van der Waals surface area contributed by atoms with Crippen LogP contribution in [0.4, 0.5) is 4.79 Å². The summed E-state index contributed by atoms with van der Waals surface area (Å²) in [6, 6.07) is 1.18. The van der Waals surface area contributed by atoms with Crippen molar-refractivity contribution in [2.45, 2.75) is 58.2 Å². The Balaban J connectivity index is 1.64. The highest BCUT2D eigenvalue weighted by Crippen LogP contribution is 2.34. The Bertz CT molecular complexity index is 292. The lowest BCUT2D eigenvalue weighted by Crippen LogP contribution is -2.61. The van der Waals surface area contributed by atoms with Gasteiger partial charge >= 0.3 is 6.09 Å². The molecule has 1 aliphatic carbocycles. The number of carbonyl (C=O) groups excluding carboxylic acids is 1. The van der Waals surface area contributed by atoms with Gasteiger partial charge in [-0.05, 0) is 33.1 Å². The van der Waals surface area contributed by atoms with E-state index in [1.165, 1.54) is 12.8 Å². The van der Waals surface area contributed by atoms with Crippen LogP contribution in [0.15, 0.2) is 0 Å². The standard InChI is InChI=1S/C13H24N2O2/c1-5-9-6-11(9)14-10-7-15(8-10)12(16)17-13(2,3)4/h9-11,14H,5-8H2,1-4H3. The highest BCUT2D eigenvalue weighted by molar-refractivity contribution is 5.69. The Hall–Kier alpha value is -0.770. The molecule has 17 heavy (non-hydrogen) atoms. The molecule has 2 fully saturated rings. The Kier molecular flexibility index (Phi) is 3.34. The van der Waals surface area contributed by atoms with Crippen molar-refractivity contribution in [2.24, 2.45) is 5.92 Å². The molecule has 2 atom stereocenters. The van der Waals surface area contributed by atoms with Crippen molar-refractivity contribution in [3.05, 3.63) is 0 Å². The second-order valence-electron chi connectivity index (χ2n) is 6.26. The topological polar surface area (TPSA) is 41.6 Å². The van der Waals surface area contributed by atoms with Crippen molar-refractivity contribution >= 4 is 6.09 Å². The molecule has 0 bridgehead atoms. The second-order valence-corrected chi connectivity index (χ2v) is 6.26. The third-order valence-electron chi connectivity index (χ3n) is 3.43. The zero-order valence-corrected chi connectivity index (χ0v) is 11.3. The van der Waals surface area contributed by atoms with E-state index in [4.69, 9.17) is 4.74 Å². The molecule has 1 amide bonds. The molecule has 4 nitrogen and oxygen atoms in total. The lowest BCUT2D eigenvalue weighted by Gasteiger charge is -2.40. The van der Waals surface area contributed by atoms with Crippen LogP contribution in [0.5, 0.6) is 0 Å². The largest absolute Gasteiger partial charge is 0.444 e. The molecular weight excluding hydrogens is 216 g/mol. The summed E-state index contributed by atoms with van der Waals surface area (Å²) >= 11 is 0. The first-order valence-electron chi connectivity index (χ1n) is 6.63. The molecule has 2 aliphatic rings. The maximum atomic E-state index is 11.7. The third kappa shape index (κ3) is 3.35. The SMILES string of the molecule is CCC1CC1NC1CN(C(=O)OC(C)(C)C)C1. The van der Waals surface area contributed by atoms with Gasteiger partial charge in [-0.25, -0.2) is 4.79 Å². The number of ether oxygens (including phenoxy) is 1. The first kappa shape index (κ1) is 12.7. The lowest BCUT2D eigenvalue weighted by molar-refractivity contribution is 0.00502. The van der Waals surface area contributed by atoms with Gasteiger partial charge < -0.3 is 15.0 Å². The average Bonchev–Trinajstić information content (AvgIpc) is 2.85. The van der Waals surface area contributed by atoms with Crippen LogP contribution in [0.25, 0.3) is 0 Å². The number of hydrogen-bond acceptors (Lipinski definition) is 3. The van der Waals surface area contributed by atoms with Gasteiger partial charge in [-0.2, -0.15) is 0 Å². The van der Waals surface area contributed by atoms with Crippen molar-refractivity contribution in [3.63, 3.8) is 0 Å². The van der Waals surface area contributed by atoms with Gasteiger partial charge in [0.2, 0.25) is 0 Å². The molecule has 1 saturated carbocycles. The minimum absolute atomic E-state index is 0.182. The van der Waals surface area contributed by atoms with Gasteiger partial charge in [0.05, 0.1) is 0 Å². The van der Waals surface area contributed by atoms with Crippen molar-refractivity contribution < 1.29 is 9.53 Å². The zero-order valence-electron chi connectivity index (χ0n) is 11.3. The van der Waals surface area contributed by atoms with Crippen LogP contribution >= 0.6 is 0 Å². The molecule has 2 unspecified atom stereocenters. The molecule has 1 saturated heterocycles. The van der Waals surface area contributed by atoms with Crippen LogP contribution in [0.2, 0.25) is 0 Å². The molecule has 1 N–H and O–H groups in total. The number of nitrogens with zero attached hydrogens (tertiary/aromatic N) is 1. The fourth-order valence-corrected chi connectivity index (χ4v) is 2.27. The van der Waals surface area contributed by atoms with Gasteiger partial charge in [-0.3, -0.25) is 0 Å². The fraction of sp³-hybridized carbons (Fsp3) is 0.923. The molecular formula is C13H24N2O2. The number of carbonyl (C=O) groups is 1. The number of likely N-dealkylation sites (tertiary alicyclic amines) is 1. The van der Waals surface area contributed by atoms with E-state index in [0.717, 1.165) is 19.0 Å². The summed E-state index contributed by atoms with van der Waals surface area (Å²) in [6.45, 7) is 9.52. The molecule has 0 aromatic heterocycles. The van der Waals surface area contributed by atoms with E-state index in [9.17, 15) is 4.79 Å². The van der Waals surface area contributed by atoms with Crippen molar-refractivity contribution in [2.75, 3.05) is 13.1 Å². The summed E-state index contributed by atoms with van der Waals surface area (Å²) in [7, 11) is 0. The van der Waals surface area contributed by atoms with Crippen molar-refractivity contribution in [1.29, 1.82) is 0 Å². The molecule has 4 heteroatoms. The summed E-state index contributed by atoms with van der Waals surface area (Å²) in [4.78, 5) is 13.5. The molecule has 1 aliphatic heterocycles. The molecule has 0 spiro atoms. The van der Waals surface area contributed by atoms with Crippen LogP contribution in [0.3, 0.4) is 0 Å². The monoisotopic (exact) mass is 240 g/mol. The van der Waals surface area contributed by atoms with Crippen LogP contribution < -0.4 is 5.32 Å². The quantitative estimate of drug-likeness (QED) is 0.820. The summed E-state index contributed by atoms with van der Waals surface area (Å²) in [5.41, 5.74) is -0.389. The Morgan fingerprint density at radius 3 is 2.53 bits per heavy atom.